The topological polar surface area (TPSA) is 109 Å². The van der Waals surface area contributed by atoms with Crippen LogP contribution in [0.1, 0.15) is 63.9 Å². The number of para-hydroxylation sites is 1. The molecule has 2 aromatic carbocycles. The summed E-state index contributed by atoms with van der Waals surface area (Å²) in [6.45, 7) is 7.15. The Hall–Kier alpha value is -3.79. The van der Waals surface area contributed by atoms with Crippen LogP contribution in [-0.2, 0) is 11.3 Å². The predicted octanol–water partition coefficient (Wildman–Crippen LogP) is 6.18. The molecule has 1 aliphatic rings. The molecule has 43 heavy (non-hydrogen) atoms. The van der Waals surface area contributed by atoms with Gasteiger partial charge in [0.1, 0.15) is 17.8 Å². The van der Waals surface area contributed by atoms with Crippen LogP contribution in [0.2, 0.25) is 0 Å². The molecule has 2 aromatic heterocycles. The fourth-order valence-electron chi connectivity index (χ4n) is 6.13. The van der Waals surface area contributed by atoms with Crippen molar-refractivity contribution < 1.29 is 10.0 Å². The minimum absolute atomic E-state index is 0.294. The number of hydroxylamine groups is 1. The van der Waals surface area contributed by atoms with Crippen molar-refractivity contribution in [3.63, 3.8) is 0 Å². The SMILES string of the molecule is CCN(c1ccccc1)c1ncnc2[nH]c(-c3ccc(CN(CCCCCCCC(=O)NO)C4CCNCC4)cc3)cc12. The zero-order valence-corrected chi connectivity index (χ0v) is 25.3. The fraction of sp³-hybridized carbons (Fsp3) is 0.441. The van der Waals surface area contributed by atoms with Gasteiger partial charge in [0.15, 0.2) is 0 Å². The molecule has 0 atom stereocenters. The third kappa shape index (κ3) is 8.19. The standard InChI is InChI=1S/C34H45N7O2/c1-2-41(29-11-7-6-8-12-29)34-30-23-31(38-33(30)36-25-37-34)27-16-14-26(15-17-27)24-40(28-18-20-35-21-19-28)22-10-5-3-4-9-13-32(42)39-43/h6-8,11-12,14-17,23,25,28,35,43H,2-5,9-10,13,18-22,24H2,1H3,(H,39,42)(H,36,37,38). The predicted molar refractivity (Wildman–Crippen MR) is 172 cm³/mol. The maximum Gasteiger partial charge on any atom is 0.243 e. The minimum Gasteiger partial charge on any atom is -0.339 e. The summed E-state index contributed by atoms with van der Waals surface area (Å²) in [5.41, 5.74) is 7.18. The number of rotatable bonds is 15. The van der Waals surface area contributed by atoms with E-state index in [9.17, 15) is 4.79 Å². The summed E-state index contributed by atoms with van der Waals surface area (Å²) in [5, 5.41) is 13.2. The van der Waals surface area contributed by atoms with Gasteiger partial charge in [-0.1, -0.05) is 61.7 Å². The number of amides is 1. The lowest BCUT2D eigenvalue weighted by Gasteiger charge is -2.35. The summed E-state index contributed by atoms with van der Waals surface area (Å²) in [5.74, 6) is 0.614. The van der Waals surface area contributed by atoms with E-state index in [2.05, 4.69) is 91.6 Å². The van der Waals surface area contributed by atoms with Gasteiger partial charge in [-0.25, -0.2) is 15.4 Å². The number of benzene rings is 2. The van der Waals surface area contributed by atoms with Gasteiger partial charge in [-0.2, -0.15) is 0 Å². The van der Waals surface area contributed by atoms with Crippen molar-refractivity contribution in [1.29, 1.82) is 0 Å². The summed E-state index contributed by atoms with van der Waals surface area (Å²) >= 11 is 0. The largest absolute Gasteiger partial charge is 0.339 e. The Morgan fingerprint density at radius 3 is 2.47 bits per heavy atom. The molecule has 1 fully saturated rings. The molecule has 0 aliphatic carbocycles. The highest BCUT2D eigenvalue weighted by atomic mass is 16.5. The fourth-order valence-corrected chi connectivity index (χ4v) is 6.13. The zero-order valence-electron chi connectivity index (χ0n) is 25.3. The Bertz CT molecular complexity index is 1420. The number of hydrogen-bond donors (Lipinski definition) is 4. The Balaban J connectivity index is 1.24. The van der Waals surface area contributed by atoms with Crippen LogP contribution in [0.25, 0.3) is 22.3 Å². The molecule has 9 nitrogen and oxygen atoms in total. The van der Waals surface area contributed by atoms with Crippen molar-refractivity contribution >= 4 is 28.4 Å². The summed E-state index contributed by atoms with van der Waals surface area (Å²) in [6.07, 6.45) is 9.68. The summed E-state index contributed by atoms with van der Waals surface area (Å²) in [4.78, 5) is 28.8. The molecule has 0 radical (unpaired) electrons. The van der Waals surface area contributed by atoms with E-state index in [1.54, 1.807) is 11.8 Å². The maximum absolute atomic E-state index is 11.2. The van der Waals surface area contributed by atoms with E-state index in [1.807, 2.05) is 6.07 Å². The molecule has 0 bridgehead atoms. The number of nitrogens with one attached hydrogen (secondary N) is 3. The van der Waals surface area contributed by atoms with Gasteiger partial charge in [-0.15, -0.1) is 0 Å². The van der Waals surface area contributed by atoms with Gasteiger partial charge >= 0.3 is 0 Å². The Labute approximate surface area is 254 Å². The summed E-state index contributed by atoms with van der Waals surface area (Å²) in [6, 6.07) is 22.1. The van der Waals surface area contributed by atoms with E-state index in [1.165, 1.54) is 18.4 Å². The van der Waals surface area contributed by atoms with E-state index >= 15 is 0 Å². The van der Waals surface area contributed by atoms with E-state index in [0.717, 1.165) is 98.6 Å². The Kier molecular flexibility index (Phi) is 11.1. The molecule has 3 heterocycles. The van der Waals surface area contributed by atoms with Crippen molar-refractivity contribution in [2.24, 2.45) is 0 Å². The van der Waals surface area contributed by atoms with Gasteiger partial charge in [0, 0.05) is 36.9 Å². The lowest BCUT2D eigenvalue weighted by molar-refractivity contribution is -0.129. The Morgan fingerprint density at radius 1 is 0.977 bits per heavy atom. The number of carbonyl (C=O) groups excluding carboxylic acids is 1. The molecule has 0 saturated carbocycles. The van der Waals surface area contributed by atoms with Crippen molar-refractivity contribution in [2.45, 2.75) is 70.9 Å². The molecule has 228 valence electrons. The monoisotopic (exact) mass is 583 g/mol. The van der Waals surface area contributed by atoms with Gasteiger partial charge in [0.05, 0.1) is 5.39 Å². The van der Waals surface area contributed by atoms with Gasteiger partial charge in [-0.3, -0.25) is 14.9 Å². The van der Waals surface area contributed by atoms with Crippen LogP contribution >= 0.6 is 0 Å². The normalized spacial score (nSPS) is 13.9. The number of unbranched alkanes of at least 4 members (excludes halogenated alkanes) is 4. The molecule has 1 aliphatic heterocycles. The van der Waals surface area contributed by atoms with Gasteiger partial charge < -0.3 is 15.2 Å². The average Bonchev–Trinajstić information content (AvgIpc) is 3.50. The van der Waals surface area contributed by atoms with Gasteiger partial charge in [-0.05, 0) is 81.6 Å². The molecule has 4 aromatic rings. The van der Waals surface area contributed by atoms with E-state index in [4.69, 9.17) is 5.21 Å². The number of H-pyrrole nitrogens is 1. The quantitative estimate of drug-likeness (QED) is 0.0751. The first-order valence-electron chi connectivity index (χ1n) is 15.8. The highest BCUT2D eigenvalue weighted by Crippen LogP contribution is 2.32. The van der Waals surface area contributed by atoms with Crippen LogP contribution < -0.4 is 15.7 Å². The number of piperidine rings is 1. The number of aromatic nitrogens is 3. The lowest BCUT2D eigenvalue weighted by Crippen LogP contribution is -2.43. The maximum atomic E-state index is 11.2. The van der Waals surface area contributed by atoms with Crippen LogP contribution in [0.15, 0.2) is 67.0 Å². The molecule has 1 amide bonds. The second kappa shape index (κ2) is 15.6. The van der Waals surface area contributed by atoms with Crippen LogP contribution in [-0.4, -0.2) is 63.2 Å². The number of carbonyl (C=O) groups is 1. The summed E-state index contributed by atoms with van der Waals surface area (Å²) < 4.78 is 0. The van der Waals surface area contributed by atoms with Crippen molar-refractivity contribution in [3.8, 4) is 11.3 Å². The van der Waals surface area contributed by atoms with Gasteiger partial charge in [0.25, 0.3) is 0 Å². The number of nitrogens with zero attached hydrogens (tertiary/aromatic N) is 4. The molecule has 1 saturated heterocycles. The molecule has 0 unspecified atom stereocenters. The molecule has 0 spiro atoms. The third-order valence-corrected chi connectivity index (χ3v) is 8.49. The summed E-state index contributed by atoms with van der Waals surface area (Å²) in [7, 11) is 0. The van der Waals surface area contributed by atoms with E-state index in [-0.39, 0.29) is 5.91 Å². The van der Waals surface area contributed by atoms with Gasteiger partial charge in [0.2, 0.25) is 5.91 Å². The van der Waals surface area contributed by atoms with Crippen LogP contribution in [0.4, 0.5) is 11.5 Å². The molecular formula is C34H45N7O2. The van der Waals surface area contributed by atoms with Crippen LogP contribution in [0, 0.1) is 0 Å². The lowest BCUT2D eigenvalue weighted by atomic mass is 10.0. The van der Waals surface area contributed by atoms with Crippen LogP contribution in [0.3, 0.4) is 0 Å². The number of aromatic amines is 1. The second-order valence-corrected chi connectivity index (χ2v) is 11.4. The highest BCUT2D eigenvalue weighted by Gasteiger charge is 2.21. The second-order valence-electron chi connectivity index (χ2n) is 11.4. The third-order valence-electron chi connectivity index (χ3n) is 8.49. The van der Waals surface area contributed by atoms with Crippen LogP contribution in [0.5, 0.6) is 0 Å². The van der Waals surface area contributed by atoms with E-state index in [0.29, 0.717) is 12.5 Å². The number of fused-ring (bicyclic) bond motifs is 1. The Morgan fingerprint density at radius 2 is 1.72 bits per heavy atom. The minimum atomic E-state index is -0.294. The highest BCUT2D eigenvalue weighted by molar-refractivity contribution is 5.93. The van der Waals surface area contributed by atoms with Crippen molar-refractivity contribution in [3.05, 3.63) is 72.6 Å². The average molecular weight is 584 g/mol. The first-order valence-corrected chi connectivity index (χ1v) is 15.8. The zero-order chi connectivity index (χ0) is 29.9. The molecular weight excluding hydrogens is 538 g/mol. The molecule has 5 rings (SSSR count). The molecule has 4 N–H and O–H groups in total. The van der Waals surface area contributed by atoms with Crippen molar-refractivity contribution in [2.75, 3.05) is 31.1 Å². The van der Waals surface area contributed by atoms with Crippen molar-refractivity contribution in [1.82, 2.24) is 30.6 Å². The first-order chi connectivity index (χ1) is 21.2. The first kappa shape index (κ1) is 30.7. The number of hydrogen-bond acceptors (Lipinski definition) is 7. The van der Waals surface area contributed by atoms with E-state index < -0.39 is 0 Å². The smallest absolute Gasteiger partial charge is 0.243 e. The number of anilines is 2. The molecule has 9 heteroatoms.